The lowest BCUT2D eigenvalue weighted by Crippen LogP contribution is -2.40. The molecule has 1 saturated carbocycles. The lowest BCUT2D eigenvalue weighted by Gasteiger charge is -2.20. The van der Waals surface area contributed by atoms with Gasteiger partial charge in [-0.2, -0.15) is 18.3 Å². The molecule has 2 aromatic heterocycles. The maximum atomic E-state index is 12.8. The first-order chi connectivity index (χ1) is 13.2. The van der Waals surface area contributed by atoms with Gasteiger partial charge >= 0.3 is 6.18 Å². The second-order valence-electron chi connectivity index (χ2n) is 7.42. The van der Waals surface area contributed by atoms with E-state index in [9.17, 15) is 18.0 Å². The number of hydrogen-bond acceptors (Lipinski definition) is 4. The molecule has 0 saturated heterocycles. The summed E-state index contributed by atoms with van der Waals surface area (Å²) in [5, 5.41) is 7.27. The highest BCUT2D eigenvalue weighted by molar-refractivity contribution is 5.95. The second-order valence-corrected chi connectivity index (χ2v) is 7.42. The fourth-order valence-electron chi connectivity index (χ4n) is 3.71. The Hall–Kier alpha value is -2.13. The molecule has 1 aliphatic rings. The van der Waals surface area contributed by atoms with Gasteiger partial charge in [-0.1, -0.05) is 20.3 Å². The minimum atomic E-state index is -4.46. The van der Waals surface area contributed by atoms with Crippen molar-refractivity contribution in [1.29, 1.82) is 0 Å². The number of nitrogens with two attached hydrogens (primary N) is 1. The lowest BCUT2D eigenvalue weighted by atomic mass is 10.0. The minimum Gasteiger partial charge on any atom is -0.349 e. The van der Waals surface area contributed by atoms with Gasteiger partial charge in [0.1, 0.15) is 0 Å². The number of alkyl halides is 3. The molecule has 10 heteroatoms. The van der Waals surface area contributed by atoms with Crippen LogP contribution in [-0.4, -0.2) is 33.3 Å². The number of pyridine rings is 1. The van der Waals surface area contributed by atoms with E-state index in [-0.39, 0.29) is 42.0 Å². The third kappa shape index (κ3) is 4.90. The van der Waals surface area contributed by atoms with Crippen LogP contribution in [0.1, 0.15) is 60.6 Å². The number of nitrogens with zero attached hydrogens (tertiary/aromatic N) is 3. The molecule has 1 aliphatic carbocycles. The molecular weight excluding hydrogens is 407 g/mol. The summed E-state index contributed by atoms with van der Waals surface area (Å²) in [6, 6.07) is 2.24. The van der Waals surface area contributed by atoms with Crippen molar-refractivity contribution in [3.05, 3.63) is 41.3 Å². The summed E-state index contributed by atoms with van der Waals surface area (Å²) in [6.45, 7) is 4.32. The third-order valence-corrected chi connectivity index (χ3v) is 5.17. The van der Waals surface area contributed by atoms with Crippen LogP contribution in [0.15, 0.2) is 24.5 Å². The number of halogens is 4. The standard InChI is InChI=1S/C19H24F3N5O.ClH/c1-11(2)17-14(18(28)26-15-5-3-4-12(15)8-23)10-25-27(17)16-7-6-13(9-24-16)19(20,21)22;/h6-7,9-12,15H,3-5,8,23H2,1-2H3,(H,26,28);1H. The first-order valence-corrected chi connectivity index (χ1v) is 9.34. The summed E-state index contributed by atoms with van der Waals surface area (Å²) in [6.07, 6.45) is 0.662. The predicted octanol–water partition coefficient (Wildman–Crippen LogP) is 3.69. The largest absolute Gasteiger partial charge is 0.417 e. The van der Waals surface area contributed by atoms with Crippen molar-refractivity contribution in [1.82, 2.24) is 20.1 Å². The molecule has 0 aliphatic heterocycles. The van der Waals surface area contributed by atoms with Gasteiger partial charge in [0.05, 0.1) is 23.0 Å². The van der Waals surface area contributed by atoms with E-state index in [0.29, 0.717) is 17.8 Å². The Balaban J connectivity index is 0.00000300. The number of amides is 1. The van der Waals surface area contributed by atoms with Gasteiger partial charge < -0.3 is 11.1 Å². The van der Waals surface area contributed by atoms with Crippen LogP contribution >= 0.6 is 12.4 Å². The summed E-state index contributed by atoms with van der Waals surface area (Å²) in [5.74, 6) is 0.169. The van der Waals surface area contributed by atoms with E-state index in [4.69, 9.17) is 5.73 Å². The van der Waals surface area contributed by atoms with E-state index < -0.39 is 11.7 Å². The molecule has 0 aromatic carbocycles. The molecule has 1 amide bonds. The normalized spacial score (nSPS) is 19.3. The van der Waals surface area contributed by atoms with Crippen LogP contribution in [0.2, 0.25) is 0 Å². The zero-order chi connectivity index (χ0) is 20.5. The number of carbonyl (C=O) groups is 1. The van der Waals surface area contributed by atoms with Gasteiger partial charge in [-0.15, -0.1) is 12.4 Å². The van der Waals surface area contributed by atoms with E-state index >= 15 is 0 Å². The van der Waals surface area contributed by atoms with Gasteiger partial charge in [0, 0.05) is 12.2 Å². The van der Waals surface area contributed by atoms with E-state index in [0.717, 1.165) is 31.5 Å². The van der Waals surface area contributed by atoms with Crippen LogP contribution in [-0.2, 0) is 6.18 Å². The number of aromatic nitrogens is 3. The molecule has 0 bridgehead atoms. The smallest absolute Gasteiger partial charge is 0.349 e. The average Bonchev–Trinajstić information content (AvgIpc) is 3.27. The maximum absolute atomic E-state index is 12.8. The van der Waals surface area contributed by atoms with Gasteiger partial charge in [-0.05, 0) is 43.4 Å². The van der Waals surface area contributed by atoms with Crippen molar-refractivity contribution in [3.63, 3.8) is 0 Å². The predicted molar refractivity (Wildman–Crippen MR) is 105 cm³/mol. The summed E-state index contributed by atoms with van der Waals surface area (Å²) >= 11 is 0. The monoisotopic (exact) mass is 431 g/mol. The van der Waals surface area contributed by atoms with Crippen molar-refractivity contribution >= 4 is 18.3 Å². The zero-order valence-electron chi connectivity index (χ0n) is 16.2. The van der Waals surface area contributed by atoms with Crippen molar-refractivity contribution in [2.45, 2.75) is 51.2 Å². The molecule has 6 nitrogen and oxygen atoms in total. The highest BCUT2D eigenvalue weighted by atomic mass is 35.5. The number of carbonyl (C=O) groups excluding carboxylic acids is 1. The van der Waals surface area contributed by atoms with Crippen LogP contribution in [0.25, 0.3) is 5.82 Å². The highest BCUT2D eigenvalue weighted by Gasteiger charge is 2.32. The fourth-order valence-corrected chi connectivity index (χ4v) is 3.71. The fraction of sp³-hybridized carbons (Fsp3) is 0.526. The number of nitrogens with one attached hydrogen (secondary N) is 1. The molecule has 2 aromatic rings. The van der Waals surface area contributed by atoms with Crippen molar-refractivity contribution in [2.24, 2.45) is 11.7 Å². The molecular formula is C19H25ClF3N5O. The molecule has 3 N–H and O–H groups in total. The van der Waals surface area contributed by atoms with Gasteiger partial charge in [-0.25, -0.2) is 9.67 Å². The van der Waals surface area contributed by atoms with Crippen molar-refractivity contribution in [2.75, 3.05) is 6.54 Å². The van der Waals surface area contributed by atoms with Crippen molar-refractivity contribution in [3.8, 4) is 5.82 Å². The molecule has 160 valence electrons. The Morgan fingerprint density at radius 2 is 2.03 bits per heavy atom. The molecule has 2 heterocycles. The van der Waals surface area contributed by atoms with Crippen LogP contribution in [0.5, 0.6) is 0 Å². The third-order valence-electron chi connectivity index (χ3n) is 5.17. The first-order valence-electron chi connectivity index (χ1n) is 9.34. The molecule has 2 atom stereocenters. The second kappa shape index (κ2) is 9.13. The Morgan fingerprint density at radius 1 is 1.31 bits per heavy atom. The van der Waals surface area contributed by atoms with Crippen LogP contribution in [0, 0.1) is 5.92 Å². The molecule has 2 unspecified atom stereocenters. The minimum absolute atomic E-state index is 0. The number of rotatable bonds is 5. The molecule has 0 spiro atoms. The summed E-state index contributed by atoms with van der Waals surface area (Å²) in [5.41, 5.74) is 5.96. The topological polar surface area (TPSA) is 85.8 Å². The number of hydrogen-bond donors (Lipinski definition) is 2. The molecule has 3 rings (SSSR count). The van der Waals surface area contributed by atoms with Gasteiger partial charge in [0.2, 0.25) is 0 Å². The van der Waals surface area contributed by atoms with Gasteiger partial charge in [0.15, 0.2) is 5.82 Å². The quantitative estimate of drug-likeness (QED) is 0.756. The van der Waals surface area contributed by atoms with Gasteiger partial charge in [0.25, 0.3) is 5.91 Å². The summed E-state index contributed by atoms with van der Waals surface area (Å²) < 4.78 is 39.7. The first kappa shape index (κ1) is 23.2. The Labute approximate surface area is 173 Å². The Kier molecular flexibility index (Phi) is 7.29. The highest BCUT2D eigenvalue weighted by Crippen LogP contribution is 2.30. The molecule has 29 heavy (non-hydrogen) atoms. The average molecular weight is 432 g/mol. The Morgan fingerprint density at radius 3 is 2.59 bits per heavy atom. The summed E-state index contributed by atoms with van der Waals surface area (Å²) in [4.78, 5) is 16.7. The zero-order valence-corrected chi connectivity index (χ0v) is 17.1. The van der Waals surface area contributed by atoms with E-state index in [1.807, 2.05) is 13.8 Å². The van der Waals surface area contributed by atoms with Crippen LogP contribution in [0.3, 0.4) is 0 Å². The maximum Gasteiger partial charge on any atom is 0.417 e. The van der Waals surface area contributed by atoms with Gasteiger partial charge in [-0.3, -0.25) is 4.79 Å². The molecule has 0 radical (unpaired) electrons. The Bertz CT molecular complexity index is 835. The van der Waals surface area contributed by atoms with E-state index in [1.165, 1.54) is 16.9 Å². The van der Waals surface area contributed by atoms with E-state index in [2.05, 4.69) is 15.4 Å². The van der Waals surface area contributed by atoms with Crippen LogP contribution < -0.4 is 11.1 Å². The summed E-state index contributed by atoms with van der Waals surface area (Å²) in [7, 11) is 0. The lowest BCUT2D eigenvalue weighted by molar-refractivity contribution is -0.137. The SMILES string of the molecule is CC(C)c1c(C(=O)NC2CCCC2CN)cnn1-c1ccc(C(F)(F)F)cn1.Cl. The van der Waals surface area contributed by atoms with Crippen LogP contribution in [0.4, 0.5) is 13.2 Å². The molecule has 1 fully saturated rings. The van der Waals surface area contributed by atoms with Crippen molar-refractivity contribution < 1.29 is 18.0 Å². The van der Waals surface area contributed by atoms with E-state index in [1.54, 1.807) is 0 Å².